The Balaban J connectivity index is 1.94. The van der Waals surface area contributed by atoms with Crippen LogP contribution in [0.5, 0.6) is 0 Å². The van der Waals surface area contributed by atoms with Crippen LogP contribution in [0.1, 0.15) is 16.2 Å². The van der Waals surface area contributed by atoms with E-state index in [2.05, 4.69) is 28.1 Å². The van der Waals surface area contributed by atoms with Crippen LogP contribution >= 0.6 is 12.6 Å². The van der Waals surface area contributed by atoms with Crippen LogP contribution in [0.25, 0.3) is 0 Å². The highest BCUT2D eigenvalue weighted by Crippen LogP contribution is 2.13. The van der Waals surface area contributed by atoms with Crippen molar-refractivity contribution < 1.29 is 9.18 Å². The molecule has 1 amide bonds. The van der Waals surface area contributed by atoms with E-state index in [0.717, 1.165) is 5.82 Å². The Morgan fingerprint density at radius 2 is 2.32 bits per heavy atom. The van der Waals surface area contributed by atoms with Gasteiger partial charge in [0.15, 0.2) is 0 Å². The van der Waals surface area contributed by atoms with E-state index < -0.39 is 11.7 Å². The molecule has 2 rings (SSSR count). The summed E-state index contributed by atoms with van der Waals surface area (Å²) in [5.41, 5.74) is -0.00883. The molecule has 7 heteroatoms. The van der Waals surface area contributed by atoms with Crippen molar-refractivity contribution in [2.45, 2.75) is 11.3 Å². The van der Waals surface area contributed by atoms with E-state index in [9.17, 15) is 9.18 Å². The van der Waals surface area contributed by atoms with Crippen LogP contribution < -0.4 is 5.32 Å². The largest absolute Gasteiger partial charge is 0.351 e. The molecule has 1 heterocycles. The molecule has 1 aromatic carbocycles. The van der Waals surface area contributed by atoms with Gasteiger partial charge in [-0.15, -0.1) is 22.8 Å². The third-order valence-electron chi connectivity index (χ3n) is 2.63. The number of carbonyl (C=O) groups is 1. The van der Waals surface area contributed by atoms with Gasteiger partial charge in [-0.05, 0) is 18.2 Å². The Bertz CT molecular complexity index is 599. The molecule has 0 aliphatic carbocycles. The van der Waals surface area contributed by atoms with Gasteiger partial charge in [-0.3, -0.25) is 4.79 Å². The third kappa shape index (κ3) is 3.31. The van der Waals surface area contributed by atoms with Gasteiger partial charge >= 0.3 is 0 Å². The Kier molecular flexibility index (Phi) is 4.16. The fourth-order valence-electron chi connectivity index (χ4n) is 1.60. The summed E-state index contributed by atoms with van der Waals surface area (Å²) in [7, 11) is 1.82. The molecular weight excluding hydrogens is 267 g/mol. The normalized spacial score (nSPS) is 10.5. The molecule has 0 unspecified atom stereocenters. The first kappa shape index (κ1) is 13.5. The van der Waals surface area contributed by atoms with Crippen molar-refractivity contribution in [3.8, 4) is 0 Å². The summed E-state index contributed by atoms with van der Waals surface area (Å²) in [5.74, 6) is -0.270. The number of amides is 1. The molecule has 1 N–H and O–H groups in total. The van der Waals surface area contributed by atoms with Crippen LogP contribution in [0.15, 0.2) is 29.4 Å². The van der Waals surface area contributed by atoms with E-state index in [-0.39, 0.29) is 5.56 Å². The number of thiol groups is 1. The Morgan fingerprint density at radius 3 is 3.00 bits per heavy atom. The molecule has 1 aromatic heterocycles. The van der Waals surface area contributed by atoms with Gasteiger partial charge in [-0.2, -0.15) is 0 Å². The molecule has 5 nitrogen and oxygen atoms in total. The average Bonchev–Trinajstić information content (AvgIpc) is 2.78. The number of aromatic nitrogens is 3. The van der Waals surface area contributed by atoms with Crippen molar-refractivity contribution in [2.24, 2.45) is 7.05 Å². The zero-order chi connectivity index (χ0) is 13.8. The lowest BCUT2D eigenvalue weighted by Gasteiger charge is -2.06. The zero-order valence-corrected chi connectivity index (χ0v) is 11.2. The smallest absolute Gasteiger partial charge is 0.254 e. The molecule has 0 saturated heterocycles. The van der Waals surface area contributed by atoms with Gasteiger partial charge in [0.25, 0.3) is 5.91 Å². The zero-order valence-electron chi connectivity index (χ0n) is 10.3. The van der Waals surface area contributed by atoms with Crippen molar-refractivity contribution in [3.05, 3.63) is 41.7 Å². The Morgan fingerprint density at radius 1 is 1.53 bits per heavy atom. The fourth-order valence-corrected chi connectivity index (χ4v) is 1.81. The van der Waals surface area contributed by atoms with Crippen LogP contribution in [-0.4, -0.2) is 27.2 Å². The maximum Gasteiger partial charge on any atom is 0.254 e. The molecule has 0 aliphatic heterocycles. The van der Waals surface area contributed by atoms with E-state index in [1.165, 1.54) is 18.2 Å². The van der Waals surface area contributed by atoms with Gasteiger partial charge in [0, 0.05) is 24.9 Å². The first-order valence-electron chi connectivity index (χ1n) is 5.67. The lowest BCUT2D eigenvalue weighted by atomic mass is 10.2. The maximum absolute atomic E-state index is 13.5. The number of hydrogen-bond donors (Lipinski definition) is 2. The fraction of sp³-hybridized carbons (Fsp3) is 0.250. The van der Waals surface area contributed by atoms with Gasteiger partial charge in [0.05, 0.1) is 5.56 Å². The predicted octanol–water partition coefficient (Wildman–Crippen LogP) is 1.22. The minimum Gasteiger partial charge on any atom is -0.351 e. The number of benzene rings is 1. The number of nitrogens with zero attached hydrogens (tertiary/aromatic N) is 3. The summed E-state index contributed by atoms with van der Waals surface area (Å²) >= 11 is 4.08. The van der Waals surface area contributed by atoms with Crippen molar-refractivity contribution in [2.75, 3.05) is 6.54 Å². The van der Waals surface area contributed by atoms with E-state index in [1.54, 1.807) is 10.9 Å². The summed E-state index contributed by atoms with van der Waals surface area (Å²) in [6, 6.07) is 4.12. The monoisotopic (exact) mass is 280 g/mol. The van der Waals surface area contributed by atoms with Crippen molar-refractivity contribution in [1.29, 1.82) is 0 Å². The molecule has 0 atom stereocenters. The summed E-state index contributed by atoms with van der Waals surface area (Å²) in [6.07, 6.45) is 2.12. The van der Waals surface area contributed by atoms with E-state index in [0.29, 0.717) is 17.9 Å². The topological polar surface area (TPSA) is 59.8 Å². The molecular formula is C12H13FN4OS. The molecule has 19 heavy (non-hydrogen) atoms. The SMILES string of the molecule is Cn1cnnc1CCNC(=O)c1cc(S)ccc1F. The molecule has 100 valence electrons. The second-order valence-corrected chi connectivity index (χ2v) is 4.54. The second-order valence-electron chi connectivity index (χ2n) is 4.03. The molecule has 2 aromatic rings. The molecule has 0 saturated carbocycles. The lowest BCUT2D eigenvalue weighted by Crippen LogP contribution is -2.27. The maximum atomic E-state index is 13.5. The minimum atomic E-state index is -0.561. The molecule has 0 spiro atoms. The average molecular weight is 280 g/mol. The third-order valence-corrected chi connectivity index (χ3v) is 2.91. The highest BCUT2D eigenvalue weighted by Gasteiger charge is 2.11. The van der Waals surface area contributed by atoms with Crippen LogP contribution in [0, 0.1) is 5.82 Å². The van der Waals surface area contributed by atoms with Gasteiger partial charge in [0.1, 0.15) is 18.0 Å². The van der Waals surface area contributed by atoms with E-state index in [1.807, 2.05) is 7.05 Å². The first-order valence-corrected chi connectivity index (χ1v) is 6.12. The van der Waals surface area contributed by atoms with Crippen molar-refractivity contribution in [3.63, 3.8) is 0 Å². The number of rotatable bonds is 4. The van der Waals surface area contributed by atoms with Gasteiger partial charge in [-0.1, -0.05) is 0 Å². The van der Waals surface area contributed by atoms with E-state index >= 15 is 0 Å². The number of nitrogens with one attached hydrogen (secondary N) is 1. The Labute approximate surface area is 115 Å². The van der Waals surface area contributed by atoms with Crippen LogP contribution in [0.3, 0.4) is 0 Å². The Hall–Kier alpha value is -1.89. The number of aryl methyl sites for hydroxylation is 1. The highest BCUT2D eigenvalue weighted by atomic mass is 32.1. The standard InChI is InChI=1S/C12H13FN4OS/c1-17-7-15-16-11(17)4-5-14-12(18)9-6-8(19)2-3-10(9)13/h2-3,6-7,19H,4-5H2,1H3,(H,14,18). The van der Waals surface area contributed by atoms with Crippen molar-refractivity contribution >= 4 is 18.5 Å². The first-order chi connectivity index (χ1) is 9.08. The molecule has 0 radical (unpaired) electrons. The summed E-state index contributed by atoms with van der Waals surface area (Å²) < 4.78 is 15.2. The lowest BCUT2D eigenvalue weighted by molar-refractivity contribution is 0.0949. The van der Waals surface area contributed by atoms with Gasteiger partial charge in [-0.25, -0.2) is 4.39 Å². The summed E-state index contributed by atoms with van der Waals surface area (Å²) in [5, 5.41) is 10.3. The molecule has 0 bridgehead atoms. The number of halogens is 1. The van der Waals surface area contributed by atoms with Crippen LogP contribution in [-0.2, 0) is 13.5 Å². The van der Waals surface area contributed by atoms with Gasteiger partial charge < -0.3 is 9.88 Å². The van der Waals surface area contributed by atoms with Gasteiger partial charge in [0.2, 0.25) is 0 Å². The quantitative estimate of drug-likeness (QED) is 0.828. The van der Waals surface area contributed by atoms with Crippen molar-refractivity contribution in [1.82, 2.24) is 20.1 Å². The van der Waals surface area contributed by atoms with Crippen LogP contribution in [0.2, 0.25) is 0 Å². The second kappa shape index (κ2) is 5.83. The highest BCUT2D eigenvalue weighted by molar-refractivity contribution is 7.80. The summed E-state index contributed by atoms with van der Waals surface area (Å²) in [4.78, 5) is 12.3. The van der Waals surface area contributed by atoms with Crippen LogP contribution in [0.4, 0.5) is 4.39 Å². The number of hydrogen-bond acceptors (Lipinski definition) is 4. The molecule has 0 aliphatic rings. The minimum absolute atomic E-state index is 0.00883. The molecule has 0 fully saturated rings. The summed E-state index contributed by atoms with van der Waals surface area (Å²) in [6.45, 7) is 0.363. The predicted molar refractivity (Wildman–Crippen MR) is 70.7 cm³/mol. The van der Waals surface area contributed by atoms with E-state index in [4.69, 9.17) is 0 Å². The number of carbonyl (C=O) groups excluding carboxylic acids is 1.